The second kappa shape index (κ2) is 6.94. The molecule has 1 aliphatic carbocycles. The van der Waals surface area contributed by atoms with Crippen molar-refractivity contribution < 1.29 is 9.72 Å². The lowest BCUT2D eigenvalue weighted by Gasteiger charge is -2.35. The summed E-state index contributed by atoms with van der Waals surface area (Å²) in [5.41, 5.74) is 3.18. The second-order valence-corrected chi connectivity index (χ2v) is 7.01. The Hall–Kier alpha value is -3.03. The molecule has 4 rings (SSSR count). The fourth-order valence-corrected chi connectivity index (χ4v) is 3.83. The van der Waals surface area contributed by atoms with Crippen molar-refractivity contribution in [1.29, 1.82) is 0 Å². The van der Waals surface area contributed by atoms with Crippen molar-refractivity contribution in [3.05, 3.63) is 56.8 Å². The highest BCUT2D eigenvalue weighted by Gasteiger charge is 2.26. The van der Waals surface area contributed by atoms with Gasteiger partial charge in [-0.2, -0.15) is 5.10 Å². The second-order valence-electron chi connectivity index (χ2n) is 7.01. The predicted octanol–water partition coefficient (Wildman–Crippen LogP) is 2.14. The molecule has 2 aromatic rings. The molecular formula is C19H21N5O3. The number of nitrogens with zero attached hydrogens (tertiary/aromatic N) is 5. The number of piperazine rings is 1. The van der Waals surface area contributed by atoms with E-state index < -0.39 is 4.92 Å². The highest BCUT2D eigenvalue weighted by molar-refractivity contribution is 5.96. The first-order valence-electron chi connectivity index (χ1n) is 9.18. The van der Waals surface area contributed by atoms with Crippen LogP contribution in [0.3, 0.4) is 0 Å². The number of rotatable bonds is 3. The zero-order valence-electron chi connectivity index (χ0n) is 15.2. The van der Waals surface area contributed by atoms with Gasteiger partial charge in [-0.25, -0.2) is 0 Å². The van der Waals surface area contributed by atoms with E-state index in [0.717, 1.165) is 30.8 Å². The zero-order chi connectivity index (χ0) is 19.0. The molecule has 0 saturated carbocycles. The number of carbonyl (C=O) groups excluding carboxylic acids is 1. The van der Waals surface area contributed by atoms with Crippen LogP contribution in [0.5, 0.6) is 0 Å². The number of amides is 1. The first kappa shape index (κ1) is 17.4. The first-order chi connectivity index (χ1) is 13.0. The summed E-state index contributed by atoms with van der Waals surface area (Å²) in [5.74, 6) is 0.713. The van der Waals surface area contributed by atoms with Gasteiger partial charge in [-0.3, -0.25) is 14.9 Å². The SMILES string of the molecule is Cc1c(C(=O)N2CCN(c3cc4c(nn3)CCC4)CC2)cccc1[N+](=O)[O-]. The minimum absolute atomic E-state index is 0.0205. The van der Waals surface area contributed by atoms with Crippen molar-refractivity contribution in [3.8, 4) is 0 Å². The van der Waals surface area contributed by atoms with Crippen LogP contribution in [0.2, 0.25) is 0 Å². The van der Waals surface area contributed by atoms with E-state index in [1.807, 2.05) is 0 Å². The Bertz CT molecular complexity index is 906. The van der Waals surface area contributed by atoms with Crippen molar-refractivity contribution in [1.82, 2.24) is 15.1 Å². The van der Waals surface area contributed by atoms with Gasteiger partial charge < -0.3 is 9.80 Å². The van der Waals surface area contributed by atoms with Gasteiger partial charge in [0.1, 0.15) is 0 Å². The van der Waals surface area contributed by atoms with Crippen LogP contribution < -0.4 is 4.90 Å². The third-order valence-electron chi connectivity index (χ3n) is 5.43. The molecule has 1 fully saturated rings. The average molecular weight is 367 g/mol. The monoisotopic (exact) mass is 367 g/mol. The van der Waals surface area contributed by atoms with Crippen molar-refractivity contribution in [2.24, 2.45) is 0 Å². The molecule has 0 bridgehead atoms. The highest BCUT2D eigenvalue weighted by Crippen LogP contribution is 2.25. The van der Waals surface area contributed by atoms with Gasteiger partial charge in [-0.1, -0.05) is 6.07 Å². The third-order valence-corrected chi connectivity index (χ3v) is 5.43. The van der Waals surface area contributed by atoms with Crippen molar-refractivity contribution in [3.63, 3.8) is 0 Å². The molecular weight excluding hydrogens is 346 g/mol. The fourth-order valence-electron chi connectivity index (χ4n) is 3.83. The van der Waals surface area contributed by atoms with Gasteiger partial charge >= 0.3 is 0 Å². The molecule has 0 atom stereocenters. The molecule has 0 spiro atoms. The molecule has 1 aromatic carbocycles. The Morgan fingerprint density at radius 2 is 1.93 bits per heavy atom. The number of hydrogen-bond acceptors (Lipinski definition) is 6. The predicted molar refractivity (Wildman–Crippen MR) is 100 cm³/mol. The largest absolute Gasteiger partial charge is 0.352 e. The van der Waals surface area contributed by atoms with Crippen LogP contribution >= 0.6 is 0 Å². The average Bonchev–Trinajstić information content (AvgIpc) is 3.15. The standard InChI is InChI=1S/C19H21N5O3/c1-13-15(5-3-7-17(13)24(26)27)19(25)23-10-8-22(9-11-23)18-12-14-4-2-6-16(14)20-21-18/h3,5,7,12H,2,4,6,8-11H2,1H3. The number of aryl methyl sites for hydroxylation is 2. The Balaban J connectivity index is 1.46. The van der Waals surface area contributed by atoms with E-state index in [1.54, 1.807) is 24.0 Å². The number of benzene rings is 1. The quantitative estimate of drug-likeness (QED) is 0.610. The van der Waals surface area contributed by atoms with E-state index in [2.05, 4.69) is 21.2 Å². The zero-order valence-corrected chi connectivity index (χ0v) is 15.2. The number of nitro benzene ring substituents is 1. The number of nitro groups is 1. The number of hydrogen-bond donors (Lipinski definition) is 0. The van der Waals surface area contributed by atoms with Gasteiger partial charge in [0.2, 0.25) is 0 Å². The summed E-state index contributed by atoms with van der Waals surface area (Å²) < 4.78 is 0. The van der Waals surface area contributed by atoms with Crippen LogP contribution in [0.25, 0.3) is 0 Å². The summed E-state index contributed by atoms with van der Waals surface area (Å²) in [5, 5.41) is 19.8. The summed E-state index contributed by atoms with van der Waals surface area (Å²) >= 11 is 0. The summed E-state index contributed by atoms with van der Waals surface area (Å²) in [6.07, 6.45) is 3.20. The minimum atomic E-state index is -0.448. The highest BCUT2D eigenvalue weighted by atomic mass is 16.6. The number of fused-ring (bicyclic) bond motifs is 1. The molecule has 1 amide bonds. The van der Waals surface area contributed by atoms with E-state index in [1.165, 1.54) is 11.6 Å². The van der Waals surface area contributed by atoms with Gasteiger partial charge in [-0.15, -0.1) is 5.10 Å². The van der Waals surface area contributed by atoms with Crippen molar-refractivity contribution >= 4 is 17.4 Å². The van der Waals surface area contributed by atoms with Crippen molar-refractivity contribution in [2.75, 3.05) is 31.1 Å². The van der Waals surface area contributed by atoms with E-state index in [4.69, 9.17) is 0 Å². The number of carbonyl (C=O) groups is 1. The molecule has 1 aromatic heterocycles. The van der Waals surface area contributed by atoms with Crippen LogP contribution in [-0.4, -0.2) is 52.1 Å². The van der Waals surface area contributed by atoms with Gasteiger partial charge in [0.05, 0.1) is 10.6 Å². The Morgan fingerprint density at radius 1 is 1.15 bits per heavy atom. The molecule has 8 heteroatoms. The smallest absolute Gasteiger partial charge is 0.273 e. The number of aromatic nitrogens is 2. The molecule has 8 nitrogen and oxygen atoms in total. The third kappa shape index (κ3) is 3.22. The molecule has 27 heavy (non-hydrogen) atoms. The lowest BCUT2D eigenvalue weighted by Crippen LogP contribution is -2.49. The molecule has 1 saturated heterocycles. The Kier molecular flexibility index (Phi) is 4.47. The molecule has 140 valence electrons. The molecule has 0 radical (unpaired) electrons. The van der Waals surface area contributed by atoms with Gasteiger partial charge in [-0.05, 0) is 43.9 Å². The molecule has 0 N–H and O–H groups in total. The topological polar surface area (TPSA) is 92.5 Å². The summed E-state index contributed by atoms with van der Waals surface area (Å²) in [4.78, 5) is 27.4. The summed E-state index contributed by atoms with van der Waals surface area (Å²) in [7, 11) is 0. The van der Waals surface area contributed by atoms with Crippen LogP contribution in [-0.2, 0) is 12.8 Å². The minimum Gasteiger partial charge on any atom is -0.352 e. The van der Waals surface area contributed by atoms with Crippen LogP contribution in [0.1, 0.15) is 33.6 Å². The number of anilines is 1. The lowest BCUT2D eigenvalue weighted by atomic mass is 10.1. The van der Waals surface area contributed by atoms with Crippen LogP contribution in [0.4, 0.5) is 11.5 Å². The van der Waals surface area contributed by atoms with Gasteiger partial charge in [0.25, 0.3) is 11.6 Å². The van der Waals surface area contributed by atoms with E-state index in [9.17, 15) is 14.9 Å². The van der Waals surface area contributed by atoms with E-state index in [0.29, 0.717) is 37.3 Å². The normalized spacial score (nSPS) is 16.3. The maximum Gasteiger partial charge on any atom is 0.273 e. The maximum absolute atomic E-state index is 12.8. The summed E-state index contributed by atoms with van der Waals surface area (Å²) in [6, 6.07) is 6.77. The molecule has 2 heterocycles. The Labute approximate surface area is 157 Å². The maximum atomic E-state index is 12.8. The van der Waals surface area contributed by atoms with Crippen LogP contribution in [0, 0.1) is 17.0 Å². The fraction of sp³-hybridized carbons (Fsp3) is 0.421. The van der Waals surface area contributed by atoms with E-state index >= 15 is 0 Å². The molecule has 1 aliphatic heterocycles. The first-order valence-corrected chi connectivity index (χ1v) is 9.18. The molecule has 2 aliphatic rings. The van der Waals surface area contributed by atoms with Gasteiger partial charge in [0, 0.05) is 43.4 Å². The van der Waals surface area contributed by atoms with Gasteiger partial charge in [0.15, 0.2) is 5.82 Å². The van der Waals surface area contributed by atoms with Crippen LogP contribution in [0.15, 0.2) is 24.3 Å². The Morgan fingerprint density at radius 3 is 2.67 bits per heavy atom. The van der Waals surface area contributed by atoms with E-state index in [-0.39, 0.29) is 11.6 Å². The van der Waals surface area contributed by atoms with Crippen molar-refractivity contribution in [2.45, 2.75) is 26.2 Å². The lowest BCUT2D eigenvalue weighted by molar-refractivity contribution is -0.385. The summed E-state index contributed by atoms with van der Waals surface area (Å²) in [6.45, 7) is 4.08. The molecule has 0 unspecified atom stereocenters.